The zero-order chi connectivity index (χ0) is 11.8. The van der Waals surface area contributed by atoms with Gasteiger partial charge in [-0.2, -0.15) is 0 Å². The van der Waals surface area contributed by atoms with Crippen molar-refractivity contribution in [2.75, 3.05) is 0 Å². The van der Waals surface area contributed by atoms with E-state index in [0.717, 1.165) is 6.07 Å². The maximum atomic E-state index is 13.5. The Labute approximate surface area is 95.1 Å². The highest BCUT2D eigenvalue weighted by Crippen LogP contribution is 2.22. The third kappa shape index (κ3) is 1.65. The topological polar surface area (TPSA) is 41.6 Å². The number of aromatic amines is 1. The number of pyridine rings is 1. The van der Waals surface area contributed by atoms with Crippen molar-refractivity contribution in [3.8, 4) is 11.4 Å². The second-order valence-electron chi connectivity index (χ2n) is 3.58. The van der Waals surface area contributed by atoms with Gasteiger partial charge in [0.25, 0.3) is 0 Å². The molecule has 17 heavy (non-hydrogen) atoms. The molecule has 0 atom stereocenters. The Morgan fingerprint density at radius 1 is 1.12 bits per heavy atom. The molecule has 0 aliphatic carbocycles. The minimum absolute atomic E-state index is 0.226. The van der Waals surface area contributed by atoms with Crippen LogP contribution in [0.15, 0.2) is 36.5 Å². The van der Waals surface area contributed by atoms with Crippen LogP contribution in [0.3, 0.4) is 0 Å². The summed E-state index contributed by atoms with van der Waals surface area (Å²) in [4.78, 5) is 11.1. The number of hydrogen-bond acceptors (Lipinski definition) is 2. The lowest BCUT2D eigenvalue weighted by molar-refractivity contribution is 0.585. The fraction of sp³-hybridized carbons (Fsp3) is 0. The number of aromatic nitrogens is 3. The number of H-pyrrole nitrogens is 1. The Morgan fingerprint density at radius 3 is 2.76 bits per heavy atom. The third-order valence-electron chi connectivity index (χ3n) is 2.44. The zero-order valence-electron chi connectivity index (χ0n) is 8.61. The molecule has 3 nitrogen and oxygen atoms in total. The molecule has 0 fully saturated rings. The van der Waals surface area contributed by atoms with E-state index in [1.807, 2.05) is 0 Å². The van der Waals surface area contributed by atoms with Crippen molar-refractivity contribution in [2.45, 2.75) is 0 Å². The molecule has 0 radical (unpaired) electrons. The van der Waals surface area contributed by atoms with E-state index < -0.39 is 11.6 Å². The minimum Gasteiger partial charge on any atom is -0.336 e. The van der Waals surface area contributed by atoms with Crippen molar-refractivity contribution < 1.29 is 8.78 Å². The molecule has 1 N–H and O–H groups in total. The van der Waals surface area contributed by atoms with Crippen LogP contribution < -0.4 is 0 Å². The number of rotatable bonds is 1. The first-order valence-electron chi connectivity index (χ1n) is 5.00. The highest BCUT2D eigenvalue weighted by molar-refractivity contribution is 5.75. The lowest BCUT2D eigenvalue weighted by Crippen LogP contribution is -1.87. The van der Waals surface area contributed by atoms with Crippen molar-refractivity contribution >= 4 is 11.2 Å². The fourth-order valence-corrected chi connectivity index (χ4v) is 1.65. The molecule has 0 spiro atoms. The van der Waals surface area contributed by atoms with Crippen LogP contribution in [0.4, 0.5) is 8.78 Å². The van der Waals surface area contributed by atoms with Gasteiger partial charge in [0, 0.05) is 12.3 Å². The van der Waals surface area contributed by atoms with Gasteiger partial charge in [0.1, 0.15) is 17.5 Å². The number of nitrogens with zero attached hydrogens (tertiary/aromatic N) is 2. The van der Waals surface area contributed by atoms with Crippen LogP contribution in [0.25, 0.3) is 22.6 Å². The predicted molar refractivity (Wildman–Crippen MR) is 59.2 cm³/mol. The molecular formula is C12H7F2N3. The second kappa shape index (κ2) is 3.62. The van der Waals surface area contributed by atoms with Gasteiger partial charge in [0.2, 0.25) is 0 Å². The smallest absolute Gasteiger partial charge is 0.178 e. The van der Waals surface area contributed by atoms with Crippen LogP contribution in [0, 0.1) is 11.6 Å². The first kappa shape index (κ1) is 9.89. The monoisotopic (exact) mass is 231 g/mol. The lowest BCUT2D eigenvalue weighted by atomic mass is 10.2. The normalized spacial score (nSPS) is 10.9. The van der Waals surface area contributed by atoms with Crippen molar-refractivity contribution in [2.24, 2.45) is 0 Å². The number of hydrogen-bond donors (Lipinski definition) is 1. The van der Waals surface area contributed by atoms with E-state index in [1.165, 1.54) is 12.1 Å². The quantitative estimate of drug-likeness (QED) is 0.699. The predicted octanol–water partition coefficient (Wildman–Crippen LogP) is 2.90. The summed E-state index contributed by atoms with van der Waals surface area (Å²) in [6.45, 7) is 0. The summed E-state index contributed by atoms with van der Waals surface area (Å²) < 4.78 is 26.3. The van der Waals surface area contributed by atoms with Crippen LogP contribution >= 0.6 is 0 Å². The van der Waals surface area contributed by atoms with Gasteiger partial charge in [-0.15, -0.1) is 0 Å². The van der Waals surface area contributed by atoms with Gasteiger partial charge in [0.15, 0.2) is 5.65 Å². The van der Waals surface area contributed by atoms with Gasteiger partial charge in [-0.25, -0.2) is 18.7 Å². The van der Waals surface area contributed by atoms with Crippen LogP contribution in [-0.4, -0.2) is 15.0 Å². The molecule has 0 saturated heterocycles. The summed E-state index contributed by atoms with van der Waals surface area (Å²) in [7, 11) is 0. The number of fused-ring (bicyclic) bond motifs is 1. The molecule has 0 bridgehead atoms. The van der Waals surface area contributed by atoms with E-state index >= 15 is 0 Å². The molecule has 2 aromatic heterocycles. The summed E-state index contributed by atoms with van der Waals surface area (Å²) in [5, 5.41) is 0. The summed E-state index contributed by atoms with van der Waals surface area (Å²) in [5.74, 6) is -0.916. The van der Waals surface area contributed by atoms with Gasteiger partial charge in [0.05, 0.1) is 11.1 Å². The molecule has 0 saturated carbocycles. The maximum absolute atomic E-state index is 13.5. The summed E-state index contributed by atoms with van der Waals surface area (Å²) in [6, 6.07) is 6.92. The van der Waals surface area contributed by atoms with Gasteiger partial charge in [-0.3, -0.25) is 0 Å². The average Bonchev–Trinajstić information content (AvgIpc) is 2.72. The first-order chi connectivity index (χ1) is 8.24. The molecule has 0 aliphatic heterocycles. The number of nitrogens with one attached hydrogen (secondary N) is 1. The molecule has 84 valence electrons. The average molecular weight is 231 g/mol. The van der Waals surface area contributed by atoms with Gasteiger partial charge in [-0.1, -0.05) is 0 Å². The Balaban J connectivity index is 2.20. The second-order valence-corrected chi connectivity index (χ2v) is 3.58. The highest BCUT2D eigenvalue weighted by atomic mass is 19.1. The molecule has 0 unspecified atom stereocenters. The van der Waals surface area contributed by atoms with E-state index in [1.54, 1.807) is 18.3 Å². The van der Waals surface area contributed by atoms with E-state index in [0.29, 0.717) is 17.0 Å². The summed E-state index contributed by atoms with van der Waals surface area (Å²) in [5.41, 5.74) is 1.45. The SMILES string of the molecule is Fc1ccc(-c2nc3ncccc3[nH]2)c(F)c1. The molecule has 5 heteroatoms. The van der Waals surface area contributed by atoms with Crippen molar-refractivity contribution in [1.29, 1.82) is 0 Å². The maximum Gasteiger partial charge on any atom is 0.178 e. The summed E-state index contributed by atoms with van der Waals surface area (Å²) >= 11 is 0. The zero-order valence-corrected chi connectivity index (χ0v) is 8.61. The van der Waals surface area contributed by atoms with E-state index in [9.17, 15) is 8.78 Å². The number of benzene rings is 1. The van der Waals surface area contributed by atoms with E-state index in [-0.39, 0.29) is 5.56 Å². The highest BCUT2D eigenvalue weighted by Gasteiger charge is 2.10. The summed E-state index contributed by atoms with van der Waals surface area (Å²) in [6.07, 6.45) is 1.61. The van der Waals surface area contributed by atoms with E-state index in [2.05, 4.69) is 15.0 Å². The molecule has 2 heterocycles. The minimum atomic E-state index is -0.649. The van der Waals surface area contributed by atoms with Crippen LogP contribution in [-0.2, 0) is 0 Å². The largest absolute Gasteiger partial charge is 0.336 e. The van der Waals surface area contributed by atoms with Crippen molar-refractivity contribution in [3.05, 3.63) is 48.2 Å². The van der Waals surface area contributed by atoms with Crippen LogP contribution in [0.1, 0.15) is 0 Å². The van der Waals surface area contributed by atoms with Crippen molar-refractivity contribution in [1.82, 2.24) is 15.0 Å². The molecule has 3 aromatic rings. The van der Waals surface area contributed by atoms with Gasteiger partial charge < -0.3 is 4.98 Å². The Morgan fingerprint density at radius 2 is 2.00 bits per heavy atom. The van der Waals surface area contributed by atoms with E-state index in [4.69, 9.17) is 0 Å². The fourth-order valence-electron chi connectivity index (χ4n) is 1.65. The molecule has 0 aliphatic rings. The van der Waals surface area contributed by atoms with Crippen LogP contribution in [0.5, 0.6) is 0 Å². The van der Waals surface area contributed by atoms with Gasteiger partial charge >= 0.3 is 0 Å². The molecule has 1 aromatic carbocycles. The molecule has 3 rings (SSSR count). The van der Waals surface area contributed by atoms with Crippen molar-refractivity contribution in [3.63, 3.8) is 0 Å². The Kier molecular flexibility index (Phi) is 2.11. The first-order valence-corrected chi connectivity index (χ1v) is 5.00. The van der Waals surface area contributed by atoms with Crippen LogP contribution in [0.2, 0.25) is 0 Å². The molecule has 0 amide bonds. The third-order valence-corrected chi connectivity index (χ3v) is 2.44. The number of imidazole rings is 1. The Hall–Kier alpha value is -2.30. The molecular weight excluding hydrogens is 224 g/mol. The standard InChI is InChI=1S/C12H7F2N3/c13-7-3-4-8(9(14)6-7)11-16-10-2-1-5-15-12(10)17-11/h1-6H,(H,15,16,17). The Bertz CT molecular complexity index is 658. The number of halogens is 2. The lowest BCUT2D eigenvalue weighted by Gasteiger charge is -1.98. The van der Waals surface area contributed by atoms with Gasteiger partial charge in [-0.05, 0) is 24.3 Å².